The van der Waals surface area contributed by atoms with Crippen molar-refractivity contribution in [2.45, 2.75) is 51.5 Å². The molecule has 6 heteroatoms. The number of carbonyl (C=O) groups excluding carboxylic acids is 3. The molecule has 0 aromatic heterocycles. The van der Waals surface area contributed by atoms with E-state index in [1.54, 1.807) is 11.8 Å². The van der Waals surface area contributed by atoms with E-state index in [0.717, 1.165) is 25.7 Å². The largest absolute Gasteiger partial charge is 0.466 e. The van der Waals surface area contributed by atoms with Crippen LogP contribution in [0.3, 0.4) is 0 Å². The second kappa shape index (κ2) is 7.43. The van der Waals surface area contributed by atoms with Crippen LogP contribution in [-0.4, -0.2) is 48.4 Å². The lowest BCUT2D eigenvalue weighted by atomic mass is 10.0. The summed E-state index contributed by atoms with van der Waals surface area (Å²) in [6.45, 7) is 3.40. The third-order valence-corrected chi connectivity index (χ3v) is 3.99. The third-order valence-electron chi connectivity index (χ3n) is 3.99. The van der Waals surface area contributed by atoms with Crippen molar-refractivity contribution in [2.75, 3.05) is 19.7 Å². The van der Waals surface area contributed by atoms with Crippen LogP contribution in [0.4, 0.5) is 0 Å². The average Bonchev–Trinajstić information content (AvgIpc) is 3.30. The Morgan fingerprint density at radius 1 is 1.10 bits per heavy atom. The average molecular weight is 296 g/mol. The molecule has 2 fully saturated rings. The number of hydrogen-bond donors (Lipinski definition) is 1. The number of carbonyl (C=O) groups is 3. The summed E-state index contributed by atoms with van der Waals surface area (Å²) in [6.07, 6.45) is 3.96. The molecule has 0 bridgehead atoms. The molecule has 6 nitrogen and oxygen atoms in total. The van der Waals surface area contributed by atoms with E-state index in [9.17, 15) is 14.4 Å². The number of hydrogen-bond acceptors (Lipinski definition) is 4. The van der Waals surface area contributed by atoms with Crippen molar-refractivity contribution in [3.63, 3.8) is 0 Å². The van der Waals surface area contributed by atoms with Gasteiger partial charge in [-0.1, -0.05) is 0 Å². The highest BCUT2D eigenvalue weighted by atomic mass is 16.5. The van der Waals surface area contributed by atoms with E-state index in [0.29, 0.717) is 19.7 Å². The van der Waals surface area contributed by atoms with Gasteiger partial charge in [-0.3, -0.25) is 14.4 Å². The van der Waals surface area contributed by atoms with E-state index in [-0.39, 0.29) is 42.6 Å². The van der Waals surface area contributed by atoms with Gasteiger partial charge in [-0.2, -0.15) is 0 Å². The van der Waals surface area contributed by atoms with Gasteiger partial charge in [0.2, 0.25) is 11.8 Å². The van der Waals surface area contributed by atoms with Gasteiger partial charge in [-0.15, -0.1) is 0 Å². The Kier molecular flexibility index (Phi) is 5.59. The zero-order valence-electron chi connectivity index (χ0n) is 12.6. The molecule has 2 rings (SSSR count). The van der Waals surface area contributed by atoms with Gasteiger partial charge in [0.15, 0.2) is 0 Å². The predicted molar refractivity (Wildman–Crippen MR) is 76.3 cm³/mol. The Morgan fingerprint density at radius 3 is 2.33 bits per heavy atom. The maximum atomic E-state index is 12.0. The van der Waals surface area contributed by atoms with Crippen LogP contribution in [0.5, 0.6) is 0 Å². The minimum atomic E-state index is -0.322. The minimum absolute atomic E-state index is 0.00461. The molecule has 0 radical (unpaired) electrons. The fourth-order valence-corrected chi connectivity index (χ4v) is 2.54. The lowest BCUT2D eigenvalue weighted by molar-refractivity contribution is -0.146. The number of amides is 2. The number of rotatable bonds is 6. The smallest absolute Gasteiger partial charge is 0.306 e. The summed E-state index contributed by atoms with van der Waals surface area (Å²) in [4.78, 5) is 36.7. The third kappa shape index (κ3) is 5.02. The number of ether oxygens (including phenoxy) is 1. The molecule has 1 aliphatic heterocycles. The maximum Gasteiger partial charge on any atom is 0.306 e. The fraction of sp³-hybridized carbons (Fsp3) is 0.800. The van der Waals surface area contributed by atoms with Crippen molar-refractivity contribution in [1.29, 1.82) is 0 Å². The van der Waals surface area contributed by atoms with Gasteiger partial charge in [0.05, 0.1) is 13.0 Å². The van der Waals surface area contributed by atoms with Crippen LogP contribution < -0.4 is 5.32 Å². The molecule has 1 heterocycles. The Morgan fingerprint density at radius 2 is 1.76 bits per heavy atom. The standard InChI is InChI=1S/C15H24N2O4/c1-2-21-14(19)6-5-13(18)17-9-7-12(8-10-17)16-15(20)11-3-4-11/h11-12H,2-10H2,1H3,(H,16,20). The Hall–Kier alpha value is -1.59. The number of esters is 1. The predicted octanol–water partition coefficient (Wildman–Crippen LogP) is 0.847. The molecule has 0 atom stereocenters. The van der Waals surface area contributed by atoms with Crippen molar-refractivity contribution in [2.24, 2.45) is 5.92 Å². The Balaban J connectivity index is 1.64. The first-order valence-corrected chi connectivity index (χ1v) is 7.84. The van der Waals surface area contributed by atoms with Crippen LogP contribution in [0.25, 0.3) is 0 Å². The first-order chi connectivity index (χ1) is 10.1. The highest BCUT2D eigenvalue weighted by molar-refractivity contribution is 5.82. The Labute approximate surface area is 125 Å². The van der Waals surface area contributed by atoms with Gasteiger partial charge in [0, 0.05) is 31.5 Å². The summed E-state index contributed by atoms with van der Waals surface area (Å²) < 4.78 is 4.81. The van der Waals surface area contributed by atoms with Gasteiger partial charge in [-0.05, 0) is 32.6 Å². The molecular weight excluding hydrogens is 272 g/mol. The quantitative estimate of drug-likeness (QED) is 0.737. The molecule has 0 aromatic carbocycles. The number of nitrogens with one attached hydrogen (secondary N) is 1. The van der Waals surface area contributed by atoms with E-state index in [1.165, 1.54) is 0 Å². The van der Waals surface area contributed by atoms with Gasteiger partial charge in [-0.25, -0.2) is 0 Å². The zero-order chi connectivity index (χ0) is 15.2. The highest BCUT2D eigenvalue weighted by Gasteiger charge is 2.32. The molecule has 0 spiro atoms. The van der Waals surface area contributed by atoms with Crippen molar-refractivity contribution in [1.82, 2.24) is 10.2 Å². The maximum absolute atomic E-state index is 12.0. The normalized spacial score (nSPS) is 19.2. The minimum Gasteiger partial charge on any atom is -0.466 e. The number of piperidine rings is 1. The van der Waals surface area contributed by atoms with E-state index in [4.69, 9.17) is 4.74 Å². The topological polar surface area (TPSA) is 75.7 Å². The molecule has 0 unspecified atom stereocenters. The van der Waals surface area contributed by atoms with Crippen LogP contribution in [0.1, 0.15) is 45.4 Å². The van der Waals surface area contributed by atoms with Crippen molar-refractivity contribution < 1.29 is 19.1 Å². The summed E-state index contributed by atoms with van der Waals surface area (Å²) in [5.41, 5.74) is 0. The van der Waals surface area contributed by atoms with Crippen molar-refractivity contribution in [3.8, 4) is 0 Å². The molecule has 1 aliphatic carbocycles. The monoisotopic (exact) mass is 296 g/mol. The molecule has 2 aliphatic rings. The van der Waals surface area contributed by atoms with Crippen LogP contribution in [0.2, 0.25) is 0 Å². The zero-order valence-corrected chi connectivity index (χ0v) is 12.6. The van der Waals surface area contributed by atoms with E-state index in [2.05, 4.69) is 5.32 Å². The molecule has 2 amide bonds. The molecular formula is C15H24N2O4. The summed E-state index contributed by atoms with van der Waals surface area (Å²) in [6, 6.07) is 0.187. The highest BCUT2D eigenvalue weighted by Crippen LogP contribution is 2.29. The van der Waals surface area contributed by atoms with Gasteiger partial charge in [0.1, 0.15) is 0 Å². The molecule has 21 heavy (non-hydrogen) atoms. The van der Waals surface area contributed by atoms with Crippen molar-refractivity contribution >= 4 is 17.8 Å². The summed E-state index contributed by atoms with van der Waals surface area (Å²) >= 11 is 0. The van der Waals surface area contributed by atoms with Crippen molar-refractivity contribution in [3.05, 3.63) is 0 Å². The van der Waals surface area contributed by atoms with Crippen LogP contribution in [0, 0.1) is 5.92 Å². The fourth-order valence-electron chi connectivity index (χ4n) is 2.54. The molecule has 1 N–H and O–H groups in total. The lowest BCUT2D eigenvalue weighted by Crippen LogP contribution is -2.47. The first kappa shape index (κ1) is 15.8. The van der Waals surface area contributed by atoms with Gasteiger partial charge < -0.3 is 15.0 Å². The van der Waals surface area contributed by atoms with Crippen LogP contribution in [0.15, 0.2) is 0 Å². The number of likely N-dealkylation sites (tertiary alicyclic amines) is 1. The Bertz CT molecular complexity index is 398. The molecule has 1 saturated carbocycles. The van der Waals surface area contributed by atoms with E-state index in [1.807, 2.05) is 0 Å². The number of nitrogens with zero attached hydrogens (tertiary/aromatic N) is 1. The van der Waals surface area contributed by atoms with Gasteiger partial charge >= 0.3 is 5.97 Å². The van der Waals surface area contributed by atoms with Gasteiger partial charge in [0.25, 0.3) is 0 Å². The van der Waals surface area contributed by atoms with E-state index < -0.39 is 0 Å². The molecule has 118 valence electrons. The van der Waals surface area contributed by atoms with Crippen LogP contribution in [-0.2, 0) is 19.1 Å². The van der Waals surface area contributed by atoms with Crippen LogP contribution >= 0.6 is 0 Å². The molecule has 0 aromatic rings. The summed E-state index contributed by atoms with van der Waals surface area (Å²) in [5, 5.41) is 3.06. The SMILES string of the molecule is CCOC(=O)CCC(=O)N1CCC(NC(=O)C2CC2)CC1. The summed E-state index contributed by atoms with van der Waals surface area (Å²) in [5.74, 6) is 0.0729. The second-order valence-electron chi connectivity index (χ2n) is 5.74. The second-order valence-corrected chi connectivity index (χ2v) is 5.74. The first-order valence-electron chi connectivity index (χ1n) is 7.84. The lowest BCUT2D eigenvalue weighted by Gasteiger charge is -2.32. The van der Waals surface area contributed by atoms with E-state index >= 15 is 0 Å². The molecule has 1 saturated heterocycles. The summed E-state index contributed by atoms with van der Waals surface area (Å²) in [7, 11) is 0.